The van der Waals surface area contributed by atoms with Crippen LogP contribution in [0.15, 0.2) is 165 Å². The third kappa shape index (κ3) is 3.85. The van der Waals surface area contributed by atoms with Crippen LogP contribution in [-0.4, -0.2) is 0 Å². The molecule has 5 heteroatoms. The van der Waals surface area contributed by atoms with Crippen molar-refractivity contribution in [2.45, 2.75) is 19.6 Å². The second-order valence-electron chi connectivity index (χ2n) is 11.3. The Morgan fingerprint density at radius 2 is 0.778 bits per heavy atom. The average molecular weight is 629 g/mol. The van der Waals surface area contributed by atoms with Gasteiger partial charge in [0.1, 0.15) is 0 Å². The van der Waals surface area contributed by atoms with Crippen molar-refractivity contribution in [1.82, 2.24) is 0 Å². The summed E-state index contributed by atoms with van der Waals surface area (Å²) in [7, 11) is 0. The molecule has 0 amide bonds. The van der Waals surface area contributed by atoms with E-state index in [1.54, 1.807) is 0 Å². The van der Waals surface area contributed by atoms with E-state index in [1.165, 1.54) is 84.7 Å². The van der Waals surface area contributed by atoms with Crippen LogP contribution in [0.25, 0.3) is 30.9 Å². The minimum Gasteiger partial charge on any atom is -0.308 e. The smallest absolute Gasteiger partial charge is 0.0616 e. The summed E-state index contributed by atoms with van der Waals surface area (Å²) in [5.74, 6) is 0. The Balaban J connectivity index is 1.23. The van der Waals surface area contributed by atoms with E-state index in [0.29, 0.717) is 0 Å². The number of fused-ring (bicyclic) bond motifs is 8. The number of hydrogen-bond donors (Lipinski definition) is 0. The number of benzene rings is 7. The molecule has 0 N–H and O–H groups in total. The molecule has 45 heavy (non-hydrogen) atoms. The lowest BCUT2D eigenvalue weighted by atomic mass is 10.0. The first-order chi connectivity index (χ1) is 22.3. The van der Waals surface area contributed by atoms with Gasteiger partial charge in [-0.15, -0.1) is 11.3 Å². The minimum absolute atomic E-state index is 1.19. The molecule has 0 radical (unpaired) electrons. The van der Waals surface area contributed by atoms with Gasteiger partial charge in [-0.05, 0) is 66.7 Å². The molecule has 1 aromatic heterocycles. The molecule has 0 unspecified atom stereocenters. The summed E-state index contributed by atoms with van der Waals surface area (Å²) in [6.45, 7) is 0. The normalized spacial score (nSPS) is 13.5. The van der Waals surface area contributed by atoms with Crippen LogP contribution < -0.4 is 9.80 Å². The molecule has 7 aromatic carbocycles. The van der Waals surface area contributed by atoms with E-state index in [4.69, 9.17) is 0 Å². The predicted octanol–water partition coefficient (Wildman–Crippen LogP) is 13.1. The third-order valence-electron chi connectivity index (χ3n) is 8.82. The van der Waals surface area contributed by atoms with Gasteiger partial charge in [-0.1, -0.05) is 102 Å². The summed E-state index contributed by atoms with van der Waals surface area (Å²) in [5.41, 5.74) is 7.28. The van der Waals surface area contributed by atoms with Crippen molar-refractivity contribution in [1.29, 1.82) is 0 Å². The SMILES string of the molecule is c1ccc2c(c1)Sc1ccccc1N2c1cccc2c(N3c4ccccc4Sc4cc5c(cc43)sc3ccccc35)cccc12. The molecular weight excluding hydrogens is 605 g/mol. The van der Waals surface area contributed by atoms with Gasteiger partial charge in [0, 0.05) is 50.5 Å². The van der Waals surface area contributed by atoms with Crippen LogP contribution in [0.3, 0.4) is 0 Å². The van der Waals surface area contributed by atoms with Crippen LogP contribution >= 0.6 is 34.9 Å². The van der Waals surface area contributed by atoms with Crippen molar-refractivity contribution in [2.24, 2.45) is 0 Å². The van der Waals surface area contributed by atoms with E-state index in [0.717, 1.165) is 0 Å². The largest absolute Gasteiger partial charge is 0.308 e. The molecule has 0 saturated heterocycles. The average Bonchev–Trinajstić information content (AvgIpc) is 3.45. The van der Waals surface area contributed by atoms with Crippen LogP contribution in [0.2, 0.25) is 0 Å². The molecule has 8 aromatic rings. The maximum absolute atomic E-state index is 2.49. The third-order valence-corrected chi connectivity index (χ3v) is 12.2. The Bertz CT molecular complexity index is 2430. The Labute approximate surface area is 273 Å². The highest BCUT2D eigenvalue weighted by atomic mass is 32.2. The number of para-hydroxylation sites is 3. The highest BCUT2D eigenvalue weighted by Crippen LogP contribution is 2.56. The number of hydrogen-bond acceptors (Lipinski definition) is 5. The lowest BCUT2D eigenvalue weighted by Crippen LogP contribution is -2.16. The molecule has 0 saturated carbocycles. The van der Waals surface area contributed by atoms with Gasteiger partial charge in [0.2, 0.25) is 0 Å². The molecular formula is C40H24N2S3. The van der Waals surface area contributed by atoms with Crippen molar-refractivity contribution in [3.05, 3.63) is 146 Å². The van der Waals surface area contributed by atoms with Crippen molar-refractivity contribution in [3.8, 4) is 0 Å². The van der Waals surface area contributed by atoms with Crippen LogP contribution in [0.1, 0.15) is 0 Å². The standard InChI is InChI=1S/C40H24N2S3/c1-5-19-35-27(11-1)28-23-40-34(24-39(28)43-35)42(33-16-4-8-22-38(33)45-40)30-18-10-12-25-26(30)13-9-17-29(25)41-31-14-2-6-20-36(31)44-37-21-7-3-15-32(37)41/h1-24H. The van der Waals surface area contributed by atoms with Gasteiger partial charge in [-0.2, -0.15) is 0 Å². The Kier molecular flexibility index (Phi) is 5.65. The zero-order valence-electron chi connectivity index (χ0n) is 24.0. The molecule has 0 aliphatic carbocycles. The lowest BCUT2D eigenvalue weighted by Gasteiger charge is -2.35. The summed E-state index contributed by atoms with van der Waals surface area (Å²) in [4.78, 5) is 10.0. The molecule has 212 valence electrons. The summed E-state index contributed by atoms with van der Waals surface area (Å²) in [5, 5.41) is 5.13. The highest BCUT2D eigenvalue weighted by Gasteiger charge is 2.29. The minimum atomic E-state index is 1.19. The Morgan fingerprint density at radius 1 is 0.311 bits per heavy atom. The van der Waals surface area contributed by atoms with Gasteiger partial charge in [-0.3, -0.25) is 0 Å². The molecule has 3 heterocycles. The number of nitrogens with zero attached hydrogens (tertiary/aromatic N) is 2. The molecule has 2 aliphatic rings. The Hall–Kier alpha value is -4.68. The lowest BCUT2D eigenvalue weighted by molar-refractivity contribution is 1.17. The second kappa shape index (κ2) is 9.91. The van der Waals surface area contributed by atoms with Crippen LogP contribution in [0.5, 0.6) is 0 Å². The van der Waals surface area contributed by atoms with E-state index in [-0.39, 0.29) is 0 Å². The zero-order chi connectivity index (χ0) is 29.5. The molecule has 2 nitrogen and oxygen atoms in total. The first kappa shape index (κ1) is 25.6. The summed E-state index contributed by atoms with van der Waals surface area (Å²) >= 11 is 5.60. The van der Waals surface area contributed by atoms with Crippen molar-refractivity contribution < 1.29 is 0 Å². The Morgan fingerprint density at radius 3 is 1.40 bits per heavy atom. The molecule has 0 bridgehead atoms. The van der Waals surface area contributed by atoms with Gasteiger partial charge in [0.15, 0.2) is 0 Å². The maximum atomic E-state index is 2.49. The number of anilines is 6. The monoisotopic (exact) mass is 628 g/mol. The first-order valence-corrected chi connectivity index (χ1v) is 17.5. The fraction of sp³-hybridized carbons (Fsp3) is 0. The van der Waals surface area contributed by atoms with E-state index in [9.17, 15) is 0 Å². The van der Waals surface area contributed by atoms with E-state index in [1.807, 2.05) is 34.9 Å². The molecule has 0 atom stereocenters. The zero-order valence-corrected chi connectivity index (χ0v) is 26.4. The number of thiophene rings is 1. The maximum Gasteiger partial charge on any atom is 0.0616 e. The molecule has 2 aliphatic heterocycles. The van der Waals surface area contributed by atoms with Crippen LogP contribution in [0, 0.1) is 0 Å². The van der Waals surface area contributed by atoms with Gasteiger partial charge in [-0.25, -0.2) is 0 Å². The number of rotatable bonds is 2. The fourth-order valence-electron chi connectivity index (χ4n) is 6.86. The first-order valence-electron chi connectivity index (χ1n) is 15.0. The van der Waals surface area contributed by atoms with Crippen molar-refractivity contribution >= 4 is 99.9 Å². The van der Waals surface area contributed by atoms with E-state index in [2.05, 4.69) is 155 Å². The van der Waals surface area contributed by atoms with Crippen molar-refractivity contribution in [3.63, 3.8) is 0 Å². The predicted molar refractivity (Wildman–Crippen MR) is 194 cm³/mol. The van der Waals surface area contributed by atoms with E-state index >= 15 is 0 Å². The summed E-state index contributed by atoms with van der Waals surface area (Å²) < 4.78 is 2.65. The molecule has 0 fully saturated rings. The van der Waals surface area contributed by atoms with Crippen LogP contribution in [0.4, 0.5) is 34.1 Å². The van der Waals surface area contributed by atoms with Gasteiger partial charge in [0.25, 0.3) is 0 Å². The van der Waals surface area contributed by atoms with Gasteiger partial charge >= 0.3 is 0 Å². The van der Waals surface area contributed by atoms with Crippen LogP contribution in [-0.2, 0) is 0 Å². The fourth-order valence-corrected chi connectivity index (χ4v) is 10.1. The quantitative estimate of drug-likeness (QED) is 0.188. The van der Waals surface area contributed by atoms with E-state index < -0.39 is 0 Å². The molecule has 10 rings (SSSR count). The van der Waals surface area contributed by atoms with Crippen molar-refractivity contribution in [2.75, 3.05) is 9.80 Å². The van der Waals surface area contributed by atoms with Gasteiger partial charge < -0.3 is 9.80 Å². The van der Waals surface area contributed by atoms with Gasteiger partial charge in [0.05, 0.1) is 34.1 Å². The topological polar surface area (TPSA) is 6.48 Å². The summed E-state index contributed by atoms with van der Waals surface area (Å²) in [6, 6.07) is 53.5. The summed E-state index contributed by atoms with van der Waals surface area (Å²) in [6.07, 6.45) is 0. The molecule has 0 spiro atoms. The highest BCUT2D eigenvalue weighted by molar-refractivity contribution is 8.00. The second-order valence-corrected chi connectivity index (χ2v) is 14.6.